The van der Waals surface area contributed by atoms with E-state index in [0.29, 0.717) is 11.9 Å². The van der Waals surface area contributed by atoms with E-state index in [1.807, 2.05) is 18.3 Å². The van der Waals surface area contributed by atoms with Crippen LogP contribution < -0.4 is 5.73 Å². The van der Waals surface area contributed by atoms with Gasteiger partial charge in [0.1, 0.15) is 11.6 Å². The van der Waals surface area contributed by atoms with Crippen LogP contribution >= 0.6 is 0 Å². The Morgan fingerprint density at radius 3 is 2.45 bits per heavy atom. The summed E-state index contributed by atoms with van der Waals surface area (Å²) in [6.07, 6.45) is 9.39. The summed E-state index contributed by atoms with van der Waals surface area (Å²) in [5, 5.41) is 14.8. The Balaban J connectivity index is 0.000000452. The first kappa shape index (κ1) is 24.1. The third-order valence-electron chi connectivity index (χ3n) is 4.12. The minimum Gasteiger partial charge on any atom is -0.481 e. The highest BCUT2D eigenvalue weighted by Gasteiger charge is 2.22. The number of nitrogens with zero attached hydrogens (tertiary/aromatic N) is 4. The highest BCUT2D eigenvalue weighted by atomic mass is 16.4. The molecule has 1 unspecified atom stereocenters. The number of piperidine rings is 1. The number of aliphatic carboxylic acids is 2. The summed E-state index contributed by atoms with van der Waals surface area (Å²) in [6, 6.07) is 4.37. The molecule has 0 spiro atoms. The number of likely N-dealkylation sites (tertiary alicyclic amines) is 1. The van der Waals surface area contributed by atoms with Crippen LogP contribution in [0.25, 0.3) is 11.4 Å². The molecule has 3 heterocycles. The number of anilines is 1. The molecule has 0 amide bonds. The van der Waals surface area contributed by atoms with Crippen molar-refractivity contribution in [2.24, 2.45) is 0 Å². The van der Waals surface area contributed by atoms with Crippen molar-refractivity contribution in [3.63, 3.8) is 0 Å². The summed E-state index contributed by atoms with van der Waals surface area (Å²) in [5.74, 6) is -0.134. The Labute approximate surface area is 171 Å². The van der Waals surface area contributed by atoms with Gasteiger partial charge in [0.25, 0.3) is 11.9 Å². The van der Waals surface area contributed by atoms with E-state index in [-0.39, 0.29) is 0 Å². The smallest absolute Gasteiger partial charge is 0.300 e. The molecule has 0 bridgehead atoms. The molecule has 1 atom stereocenters. The Bertz CT molecular complexity index is 756. The van der Waals surface area contributed by atoms with Gasteiger partial charge in [-0.3, -0.25) is 9.59 Å². The minimum atomic E-state index is -0.833. The number of carbonyl (C=O) groups is 2. The monoisotopic (exact) mass is 405 g/mol. The third-order valence-corrected chi connectivity index (χ3v) is 4.12. The van der Waals surface area contributed by atoms with Crippen LogP contribution in [0.1, 0.15) is 46.1 Å². The van der Waals surface area contributed by atoms with Gasteiger partial charge in [-0.2, -0.15) is 0 Å². The Morgan fingerprint density at radius 2 is 1.86 bits per heavy atom. The van der Waals surface area contributed by atoms with Gasteiger partial charge in [-0.25, -0.2) is 9.97 Å². The van der Waals surface area contributed by atoms with Gasteiger partial charge in [0.2, 0.25) is 0 Å². The number of nitrogens with two attached hydrogens (primary N) is 1. The number of hydrogen-bond donors (Lipinski definition) is 3. The molecular formula is C20H31N5O4. The molecule has 3 rings (SSSR count). The number of pyridine rings is 1. The maximum atomic E-state index is 9.00. The topological polar surface area (TPSA) is 135 Å². The molecule has 1 saturated heterocycles. The minimum absolute atomic E-state index is 0.497. The van der Waals surface area contributed by atoms with E-state index < -0.39 is 11.9 Å². The van der Waals surface area contributed by atoms with Gasteiger partial charge in [-0.15, -0.1) is 0 Å². The molecule has 0 aromatic carbocycles. The second-order valence-electron chi connectivity index (χ2n) is 6.76. The molecule has 9 heteroatoms. The molecule has 9 nitrogen and oxygen atoms in total. The number of rotatable bonds is 4. The number of aromatic nitrogens is 3. The Hall–Kier alpha value is -2.94. The van der Waals surface area contributed by atoms with Crippen molar-refractivity contribution in [2.45, 2.75) is 46.1 Å². The molecule has 29 heavy (non-hydrogen) atoms. The summed E-state index contributed by atoms with van der Waals surface area (Å²) < 4.78 is 2.30. The number of hydrogen-bond acceptors (Lipinski definition) is 6. The fraction of sp³-hybridized carbons (Fsp3) is 0.500. The summed E-state index contributed by atoms with van der Waals surface area (Å²) in [5.41, 5.74) is 6.84. The molecule has 0 aliphatic carbocycles. The van der Waals surface area contributed by atoms with Crippen LogP contribution in [0.15, 0.2) is 30.7 Å². The zero-order valence-electron chi connectivity index (χ0n) is 17.3. The molecule has 1 fully saturated rings. The number of nitrogen functional groups attached to an aromatic ring is 1. The van der Waals surface area contributed by atoms with Gasteiger partial charge in [-0.1, -0.05) is 6.92 Å². The first-order valence-corrected chi connectivity index (χ1v) is 9.60. The van der Waals surface area contributed by atoms with E-state index in [1.54, 1.807) is 6.20 Å². The summed E-state index contributed by atoms with van der Waals surface area (Å²) in [6.45, 7) is 7.92. The van der Waals surface area contributed by atoms with Crippen molar-refractivity contribution in [3.05, 3.63) is 30.7 Å². The van der Waals surface area contributed by atoms with Crippen LogP contribution in [-0.4, -0.2) is 61.2 Å². The van der Waals surface area contributed by atoms with Gasteiger partial charge >= 0.3 is 0 Å². The fourth-order valence-corrected chi connectivity index (χ4v) is 3.20. The quantitative estimate of drug-likeness (QED) is 0.707. The molecule has 2 aromatic heterocycles. The van der Waals surface area contributed by atoms with Gasteiger partial charge in [0.15, 0.2) is 0 Å². The summed E-state index contributed by atoms with van der Waals surface area (Å²) in [7, 11) is 0. The lowest BCUT2D eigenvalue weighted by Gasteiger charge is -2.33. The van der Waals surface area contributed by atoms with Gasteiger partial charge < -0.3 is 25.4 Å². The van der Waals surface area contributed by atoms with Crippen LogP contribution in [0.2, 0.25) is 0 Å². The Morgan fingerprint density at radius 1 is 1.21 bits per heavy atom. The summed E-state index contributed by atoms with van der Waals surface area (Å²) in [4.78, 5) is 29.2. The van der Waals surface area contributed by atoms with Crippen LogP contribution in [0.5, 0.6) is 0 Å². The van der Waals surface area contributed by atoms with Crippen molar-refractivity contribution < 1.29 is 19.8 Å². The highest BCUT2D eigenvalue weighted by molar-refractivity contribution is 5.63. The predicted molar refractivity (Wildman–Crippen MR) is 111 cm³/mol. The number of carboxylic acids is 2. The van der Waals surface area contributed by atoms with Crippen molar-refractivity contribution in [2.75, 3.05) is 25.4 Å². The summed E-state index contributed by atoms with van der Waals surface area (Å²) >= 11 is 0. The molecule has 2 aromatic rings. The molecule has 0 radical (unpaired) electrons. The maximum Gasteiger partial charge on any atom is 0.300 e. The van der Waals surface area contributed by atoms with E-state index in [1.165, 1.54) is 32.4 Å². The van der Waals surface area contributed by atoms with Crippen molar-refractivity contribution in [1.82, 2.24) is 19.4 Å². The van der Waals surface area contributed by atoms with Gasteiger partial charge in [0, 0.05) is 50.6 Å². The van der Waals surface area contributed by atoms with Crippen LogP contribution in [0, 0.1) is 0 Å². The lowest BCUT2D eigenvalue weighted by Crippen LogP contribution is -2.37. The standard InChI is InChI=1S/C16H23N5.2C2H4O2/c1-2-8-20-9-3-4-14(12-20)21-10-7-19-16(21)13-5-6-18-15(17)11-13;2*1-2(3)4/h5-7,10-11,14H,2-4,8-9,12H2,1H3,(H2,17,18);2*1H3,(H,3,4). The zero-order valence-corrected chi connectivity index (χ0v) is 17.3. The molecule has 1 aliphatic rings. The van der Waals surface area contributed by atoms with Crippen molar-refractivity contribution in [3.8, 4) is 11.4 Å². The first-order valence-electron chi connectivity index (χ1n) is 9.60. The number of imidazole rings is 1. The first-order chi connectivity index (χ1) is 13.7. The van der Waals surface area contributed by atoms with Crippen LogP contribution in [-0.2, 0) is 9.59 Å². The molecule has 160 valence electrons. The fourth-order valence-electron chi connectivity index (χ4n) is 3.20. The second-order valence-corrected chi connectivity index (χ2v) is 6.76. The Kier molecular flexibility index (Phi) is 10.4. The van der Waals surface area contributed by atoms with Gasteiger partial charge in [-0.05, 0) is 44.5 Å². The van der Waals surface area contributed by atoms with Crippen LogP contribution in [0.4, 0.5) is 5.82 Å². The second kappa shape index (κ2) is 12.5. The van der Waals surface area contributed by atoms with Crippen molar-refractivity contribution in [1.29, 1.82) is 0 Å². The lowest BCUT2D eigenvalue weighted by molar-refractivity contribution is -0.135. The van der Waals surface area contributed by atoms with E-state index in [4.69, 9.17) is 25.5 Å². The predicted octanol–water partition coefficient (Wildman–Crippen LogP) is 2.76. The average Bonchev–Trinajstić information content (AvgIpc) is 3.11. The lowest BCUT2D eigenvalue weighted by atomic mass is 10.0. The largest absolute Gasteiger partial charge is 0.481 e. The molecule has 1 aliphatic heterocycles. The van der Waals surface area contributed by atoms with E-state index in [0.717, 1.165) is 31.8 Å². The normalized spacial score (nSPS) is 16.0. The number of carboxylic acid groups (broad SMARTS) is 2. The average molecular weight is 405 g/mol. The van der Waals surface area contributed by atoms with E-state index >= 15 is 0 Å². The molecule has 4 N–H and O–H groups in total. The molecular weight excluding hydrogens is 374 g/mol. The van der Waals surface area contributed by atoms with E-state index in [2.05, 4.69) is 32.6 Å². The van der Waals surface area contributed by atoms with Crippen molar-refractivity contribution >= 4 is 17.8 Å². The SMILES string of the molecule is CC(=O)O.CC(=O)O.CCCN1CCCC(n2ccnc2-c2ccnc(N)c2)C1. The molecule has 0 saturated carbocycles. The van der Waals surface area contributed by atoms with E-state index in [9.17, 15) is 0 Å². The maximum absolute atomic E-state index is 9.00. The highest BCUT2D eigenvalue weighted by Crippen LogP contribution is 2.27. The third kappa shape index (κ3) is 9.20. The van der Waals surface area contributed by atoms with Crippen LogP contribution in [0.3, 0.4) is 0 Å². The zero-order chi connectivity index (χ0) is 21.8. The van der Waals surface area contributed by atoms with Gasteiger partial charge in [0.05, 0.1) is 0 Å².